The number of hydrogen-bond acceptors (Lipinski definition) is 4. The topological polar surface area (TPSA) is 64.1 Å². The summed E-state index contributed by atoms with van der Waals surface area (Å²) < 4.78 is 18.0. The second kappa shape index (κ2) is 6.87. The summed E-state index contributed by atoms with van der Waals surface area (Å²) in [5.41, 5.74) is 1.61. The molecule has 0 aliphatic rings. The molecule has 1 N–H and O–H groups in total. The molecule has 1 aromatic heterocycles. The van der Waals surface area contributed by atoms with Gasteiger partial charge in [-0.05, 0) is 36.4 Å². The van der Waals surface area contributed by atoms with Crippen molar-refractivity contribution in [2.75, 3.05) is 12.4 Å². The molecule has 0 fully saturated rings. The highest BCUT2D eigenvalue weighted by Crippen LogP contribution is 2.18. The van der Waals surface area contributed by atoms with Crippen LogP contribution in [0.15, 0.2) is 60.9 Å². The van der Waals surface area contributed by atoms with Crippen LogP contribution in [0, 0.1) is 5.82 Å². The average Bonchev–Trinajstić information content (AvgIpc) is 2.62. The molecule has 0 atom stereocenters. The van der Waals surface area contributed by atoms with E-state index in [0.717, 1.165) is 0 Å². The van der Waals surface area contributed by atoms with Crippen molar-refractivity contribution in [3.8, 4) is 17.1 Å². The highest BCUT2D eigenvalue weighted by atomic mass is 19.1. The van der Waals surface area contributed by atoms with Gasteiger partial charge in [-0.1, -0.05) is 6.07 Å². The van der Waals surface area contributed by atoms with Crippen LogP contribution in [-0.2, 0) is 0 Å². The van der Waals surface area contributed by atoms with E-state index in [1.54, 1.807) is 43.5 Å². The van der Waals surface area contributed by atoms with Crippen molar-refractivity contribution in [1.82, 2.24) is 9.97 Å². The van der Waals surface area contributed by atoms with Gasteiger partial charge >= 0.3 is 0 Å². The molecule has 6 heteroatoms. The van der Waals surface area contributed by atoms with Crippen LogP contribution in [0.1, 0.15) is 10.4 Å². The Morgan fingerprint density at radius 1 is 1.08 bits per heavy atom. The first-order chi connectivity index (χ1) is 11.7. The number of nitrogens with one attached hydrogen (secondary N) is 1. The Hall–Kier alpha value is -3.28. The number of carbonyl (C=O) groups excluding carboxylic acids is 1. The molecule has 0 aliphatic heterocycles. The Labute approximate surface area is 138 Å². The van der Waals surface area contributed by atoms with Crippen LogP contribution in [0.25, 0.3) is 11.4 Å². The molecule has 0 unspecified atom stereocenters. The molecule has 0 saturated carbocycles. The predicted octanol–water partition coefficient (Wildman–Crippen LogP) is 3.54. The highest BCUT2D eigenvalue weighted by Gasteiger charge is 2.09. The van der Waals surface area contributed by atoms with Crippen molar-refractivity contribution in [2.24, 2.45) is 0 Å². The Morgan fingerprint density at radius 2 is 1.79 bits per heavy atom. The number of ether oxygens (including phenoxy) is 1. The molecule has 3 aromatic rings. The van der Waals surface area contributed by atoms with E-state index in [1.807, 2.05) is 0 Å². The van der Waals surface area contributed by atoms with Gasteiger partial charge in [0.25, 0.3) is 5.91 Å². The van der Waals surface area contributed by atoms with Gasteiger partial charge in [0.15, 0.2) is 5.82 Å². The van der Waals surface area contributed by atoms with Crippen LogP contribution in [0.5, 0.6) is 5.75 Å². The number of halogens is 1. The Kier molecular flexibility index (Phi) is 4.47. The van der Waals surface area contributed by atoms with Crippen molar-refractivity contribution in [3.05, 3.63) is 72.3 Å². The van der Waals surface area contributed by atoms with Gasteiger partial charge in [0.05, 0.1) is 12.7 Å². The summed E-state index contributed by atoms with van der Waals surface area (Å²) in [6, 6.07) is 12.9. The SMILES string of the molecule is COc1cccc(NC(=O)c2cnc(-c3ccc(F)cc3)nc2)c1. The smallest absolute Gasteiger partial charge is 0.258 e. The van der Waals surface area contributed by atoms with Gasteiger partial charge in [0, 0.05) is 29.7 Å². The summed E-state index contributed by atoms with van der Waals surface area (Å²) >= 11 is 0. The first-order valence-corrected chi connectivity index (χ1v) is 7.19. The molecule has 5 nitrogen and oxygen atoms in total. The van der Waals surface area contributed by atoms with Gasteiger partial charge < -0.3 is 10.1 Å². The average molecular weight is 323 g/mol. The summed E-state index contributed by atoms with van der Waals surface area (Å²) in [5.74, 6) is 0.422. The lowest BCUT2D eigenvalue weighted by atomic mass is 10.2. The van der Waals surface area contributed by atoms with Crippen LogP contribution in [0.4, 0.5) is 10.1 Å². The third-order valence-electron chi connectivity index (χ3n) is 3.34. The molecule has 2 aromatic carbocycles. The maximum Gasteiger partial charge on any atom is 0.258 e. The van der Waals surface area contributed by atoms with E-state index in [4.69, 9.17) is 4.74 Å². The van der Waals surface area contributed by atoms with E-state index in [1.165, 1.54) is 24.5 Å². The van der Waals surface area contributed by atoms with Crippen molar-refractivity contribution in [2.45, 2.75) is 0 Å². The molecule has 0 bridgehead atoms. The zero-order valence-corrected chi connectivity index (χ0v) is 12.9. The van der Waals surface area contributed by atoms with Crippen LogP contribution in [0.2, 0.25) is 0 Å². The van der Waals surface area contributed by atoms with Crippen LogP contribution >= 0.6 is 0 Å². The van der Waals surface area contributed by atoms with Gasteiger partial charge in [-0.15, -0.1) is 0 Å². The highest BCUT2D eigenvalue weighted by molar-refractivity contribution is 6.04. The third-order valence-corrected chi connectivity index (χ3v) is 3.34. The van der Waals surface area contributed by atoms with E-state index in [2.05, 4.69) is 15.3 Å². The number of rotatable bonds is 4. The largest absolute Gasteiger partial charge is 0.497 e. The molecule has 0 aliphatic carbocycles. The van der Waals surface area contributed by atoms with E-state index >= 15 is 0 Å². The second-order valence-electron chi connectivity index (χ2n) is 4.99. The van der Waals surface area contributed by atoms with Crippen LogP contribution in [0.3, 0.4) is 0 Å². The fourth-order valence-electron chi connectivity index (χ4n) is 2.10. The normalized spacial score (nSPS) is 10.2. The quantitative estimate of drug-likeness (QED) is 0.797. The van der Waals surface area contributed by atoms with Gasteiger partial charge in [0.1, 0.15) is 11.6 Å². The molecule has 1 amide bonds. The minimum Gasteiger partial charge on any atom is -0.497 e. The summed E-state index contributed by atoms with van der Waals surface area (Å²) in [6.45, 7) is 0. The molecular weight excluding hydrogens is 309 g/mol. The lowest BCUT2D eigenvalue weighted by molar-refractivity contribution is 0.102. The number of carbonyl (C=O) groups is 1. The Balaban J connectivity index is 1.75. The monoisotopic (exact) mass is 323 g/mol. The lowest BCUT2D eigenvalue weighted by Crippen LogP contribution is -2.12. The molecule has 0 spiro atoms. The van der Waals surface area contributed by atoms with Crippen molar-refractivity contribution >= 4 is 11.6 Å². The fourth-order valence-corrected chi connectivity index (χ4v) is 2.10. The first-order valence-electron chi connectivity index (χ1n) is 7.19. The maximum atomic E-state index is 12.9. The third kappa shape index (κ3) is 3.55. The van der Waals surface area contributed by atoms with Crippen LogP contribution in [-0.4, -0.2) is 23.0 Å². The lowest BCUT2D eigenvalue weighted by Gasteiger charge is -2.07. The minimum absolute atomic E-state index is 0.323. The summed E-state index contributed by atoms with van der Waals surface area (Å²) in [4.78, 5) is 20.5. The first kappa shape index (κ1) is 15.6. The number of methoxy groups -OCH3 is 1. The summed E-state index contributed by atoms with van der Waals surface area (Å²) in [5, 5.41) is 2.75. The molecule has 1 heterocycles. The Bertz CT molecular complexity index is 849. The number of anilines is 1. The molecule has 24 heavy (non-hydrogen) atoms. The van der Waals surface area contributed by atoms with Crippen LogP contribution < -0.4 is 10.1 Å². The Morgan fingerprint density at radius 3 is 2.46 bits per heavy atom. The second-order valence-corrected chi connectivity index (χ2v) is 4.99. The number of hydrogen-bond donors (Lipinski definition) is 1. The van der Waals surface area contributed by atoms with E-state index in [0.29, 0.717) is 28.4 Å². The number of benzene rings is 2. The van der Waals surface area contributed by atoms with Gasteiger partial charge in [-0.25, -0.2) is 14.4 Å². The maximum absolute atomic E-state index is 12.9. The fraction of sp³-hybridized carbons (Fsp3) is 0.0556. The standard InChI is InChI=1S/C18H14FN3O2/c1-24-16-4-2-3-15(9-16)22-18(23)13-10-20-17(21-11-13)12-5-7-14(19)8-6-12/h2-11H,1H3,(H,22,23). The van der Waals surface area contributed by atoms with E-state index < -0.39 is 0 Å². The summed E-state index contributed by atoms with van der Waals surface area (Å²) in [7, 11) is 1.56. The van der Waals surface area contributed by atoms with Gasteiger partial charge in [-0.2, -0.15) is 0 Å². The molecule has 120 valence electrons. The van der Waals surface area contributed by atoms with Gasteiger partial charge in [-0.3, -0.25) is 4.79 Å². The molecule has 3 rings (SSSR count). The minimum atomic E-state index is -0.326. The predicted molar refractivity (Wildman–Crippen MR) is 88.4 cm³/mol. The molecule has 0 radical (unpaired) electrons. The number of amides is 1. The molecular formula is C18H14FN3O2. The van der Waals surface area contributed by atoms with E-state index in [9.17, 15) is 9.18 Å². The van der Waals surface area contributed by atoms with Crippen molar-refractivity contribution < 1.29 is 13.9 Å². The van der Waals surface area contributed by atoms with Crippen molar-refractivity contribution in [3.63, 3.8) is 0 Å². The van der Waals surface area contributed by atoms with Gasteiger partial charge in [0.2, 0.25) is 0 Å². The van der Waals surface area contributed by atoms with Crippen molar-refractivity contribution in [1.29, 1.82) is 0 Å². The van der Waals surface area contributed by atoms with E-state index in [-0.39, 0.29) is 11.7 Å². The summed E-state index contributed by atoms with van der Waals surface area (Å²) in [6.07, 6.45) is 2.86. The molecule has 0 saturated heterocycles. The zero-order valence-electron chi connectivity index (χ0n) is 12.9. The number of aromatic nitrogens is 2. The number of nitrogens with zero attached hydrogens (tertiary/aromatic N) is 2. The zero-order chi connectivity index (χ0) is 16.9.